The zero-order chi connectivity index (χ0) is 18.4. The lowest BCUT2D eigenvalue weighted by molar-refractivity contribution is 0.0927. The van der Waals surface area contributed by atoms with Crippen molar-refractivity contribution in [1.82, 2.24) is 15.6 Å². The number of pyridine rings is 1. The van der Waals surface area contributed by atoms with Crippen LogP contribution in [0.2, 0.25) is 5.02 Å². The molecule has 1 aromatic heterocycles. The van der Waals surface area contributed by atoms with Crippen molar-refractivity contribution in [2.45, 2.75) is 44.7 Å². The highest BCUT2D eigenvalue weighted by Crippen LogP contribution is 2.18. The Morgan fingerprint density at radius 1 is 1.08 bits per heavy atom. The minimum atomic E-state index is -0.336. The second-order valence-corrected chi connectivity index (χ2v) is 6.92. The lowest BCUT2D eigenvalue weighted by atomic mass is 9.95. The standard InChI is InChI=1S/C20H22ClN3O2/c21-17-9-5-4-6-15(17)13-23-20(26)18-12-14(10-11-22-18)19(25)24-16-7-2-1-3-8-16/h4-6,9-12,16H,1-3,7-8,13H2,(H,23,26)(H,24,25). The van der Waals surface area contributed by atoms with Gasteiger partial charge in [-0.3, -0.25) is 14.6 Å². The molecule has 0 atom stereocenters. The van der Waals surface area contributed by atoms with Crippen LogP contribution in [-0.4, -0.2) is 22.8 Å². The Hall–Kier alpha value is -2.40. The van der Waals surface area contributed by atoms with Gasteiger partial charge in [0.1, 0.15) is 5.69 Å². The molecule has 0 aliphatic heterocycles. The maximum Gasteiger partial charge on any atom is 0.270 e. The molecule has 1 saturated carbocycles. The van der Waals surface area contributed by atoms with Crippen LogP contribution in [0.5, 0.6) is 0 Å². The van der Waals surface area contributed by atoms with Crippen molar-refractivity contribution >= 4 is 23.4 Å². The number of amides is 2. The highest BCUT2D eigenvalue weighted by Gasteiger charge is 2.18. The van der Waals surface area contributed by atoms with Gasteiger partial charge in [0.15, 0.2) is 0 Å². The van der Waals surface area contributed by atoms with E-state index in [-0.39, 0.29) is 23.6 Å². The highest BCUT2D eigenvalue weighted by molar-refractivity contribution is 6.31. The van der Waals surface area contributed by atoms with Gasteiger partial charge in [0.25, 0.3) is 11.8 Å². The van der Waals surface area contributed by atoms with E-state index in [1.54, 1.807) is 12.1 Å². The Kier molecular flexibility index (Phi) is 6.23. The summed E-state index contributed by atoms with van der Waals surface area (Å²) >= 11 is 6.09. The Bertz CT molecular complexity index is 788. The molecule has 3 rings (SSSR count). The Morgan fingerprint density at radius 3 is 2.62 bits per heavy atom. The van der Waals surface area contributed by atoms with Gasteiger partial charge in [-0.25, -0.2) is 0 Å². The van der Waals surface area contributed by atoms with Crippen LogP contribution in [0.3, 0.4) is 0 Å². The molecule has 1 aliphatic carbocycles. The van der Waals surface area contributed by atoms with E-state index in [1.165, 1.54) is 18.7 Å². The first-order chi connectivity index (χ1) is 12.6. The lowest BCUT2D eigenvalue weighted by Gasteiger charge is -2.22. The lowest BCUT2D eigenvalue weighted by Crippen LogP contribution is -2.36. The summed E-state index contributed by atoms with van der Waals surface area (Å²) in [5, 5.41) is 6.44. The summed E-state index contributed by atoms with van der Waals surface area (Å²) in [4.78, 5) is 28.8. The predicted octanol–water partition coefficient (Wildman–Crippen LogP) is 3.73. The fourth-order valence-corrected chi connectivity index (χ4v) is 3.32. The van der Waals surface area contributed by atoms with Gasteiger partial charge in [0.2, 0.25) is 0 Å². The number of halogens is 1. The van der Waals surface area contributed by atoms with Crippen molar-refractivity contribution in [2.75, 3.05) is 0 Å². The fraction of sp³-hybridized carbons (Fsp3) is 0.350. The normalized spacial score (nSPS) is 14.7. The van der Waals surface area contributed by atoms with Gasteiger partial charge < -0.3 is 10.6 Å². The van der Waals surface area contributed by atoms with Crippen molar-refractivity contribution in [2.24, 2.45) is 0 Å². The van der Waals surface area contributed by atoms with E-state index in [1.807, 2.05) is 18.2 Å². The van der Waals surface area contributed by atoms with Crippen LogP contribution in [0.4, 0.5) is 0 Å². The third-order valence-electron chi connectivity index (χ3n) is 4.59. The molecule has 136 valence electrons. The second kappa shape index (κ2) is 8.81. The minimum absolute atomic E-state index is 0.153. The number of nitrogens with zero attached hydrogens (tertiary/aromatic N) is 1. The SMILES string of the molecule is O=C(NC1CCCCC1)c1ccnc(C(=O)NCc2ccccc2Cl)c1. The zero-order valence-electron chi connectivity index (χ0n) is 14.5. The van der Waals surface area contributed by atoms with Crippen LogP contribution < -0.4 is 10.6 Å². The number of hydrogen-bond acceptors (Lipinski definition) is 3. The Morgan fingerprint density at radius 2 is 1.85 bits per heavy atom. The summed E-state index contributed by atoms with van der Waals surface area (Å²) in [6.45, 7) is 0.304. The molecule has 2 aromatic rings. The molecular weight excluding hydrogens is 350 g/mol. The number of rotatable bonds is 5. The van der Waals surface area contributed by atoms with Crippen LogP contribution >= 0.6 is 11.6 Å². The molecule has 0 saturated heterocycles. The van der Waals surface area contributed by atoms with E-state index in [0.29, 0.717) is 17.1 Å². The van der Waals surface area contributed by atoms with Crippen LogP contribution in [0.15, 0.2) is 42.6 Å². The van der Waals surface area contributed by atoms with Crippen LogP contribution in [0.25, 0.3) is 0 Å². The molecular formula is C20H22ClN3O2. The van der Waals surface area contributed by atoms with Crippen molar-refractivity contribution in [3.05, 3.63) is 64.4 Å². The molecule has 2 amide bonds. The van der Waals surface area contributed by atoms with Gasteiger partial charge in [-0.15, -0.1) is 0 Å². The fourth-order valence-electron chi connectivity index (χ4n) is 3.12. The van der Waals surface area contributed by atoms with Gasteiger partial charge in [-0.05, 0) is 36.6 Å². The maximum atomic E-state index is 12.4. The summed E-state index contributed by atoms with van der Waals surface area (Å²) in [5.41, 5.74) is 1.50. The Labute approximate surface area is 158 Å². The molecule has 6 heteroatoms. The summed E-state index contributed by atoms with van der Waals surface area (Å²) in [5.74, 6) is -0.489. The number of nitrogens with one attached hydrogen (secondary N) is 2. The minimum Gasteiger partial charge on any atom is -0.349 e. The topological polar surface area (TPSA) is 71.1 Å². The van der Waals surface area contributed by atoms with Crippen molar-refractivity contribution in [3.8, 4) is 0 Å². The van der Waals surface area contributed by atoms with Gasteiger partial charge >= 0.3 is 0 Å². The predicted molar refractivity (Wildman–Crippen MR) is 101 cm³/mol. The summed E-state index contributed by atoms with van der Waals surface area (Å²) in [7, 11) is 0. The summed E-state index contributed by atoms with van der Waals surface area (Å²) < 4.78 is 0. The number of aromatic nitrogens is 1. The number of carbonyl (C=O) groups is 2. The molecule has 1 aliphatic rings. The van der Waals surface area contributed by atoms with Crippen molar-refractivity contribution in [3.63, 3.8) is 0 Å². The van der Waals surface area contributed by atoms with Gasteiger partial charge in [-0.1, -0.05) is 49.1 Å². The average Bonchev–Trinajstić information content (AvgIpc) is 2.68. The van der Waals surface area contributed by atoms with E-state index in [2.05, 4.69) is 15.6 Å². The Balaban J connectivity index is 1.61. The molecule has 0 radical (unpaired) electrons. The first-order valence-electron chi connectivity index (χ1n) is 8.92. The quantitative estimate of drug-likeness (QED) is 0.841. The molecule has 1 fully saturated rings. The zero-order valence-corrected chi connectivity index (χ0v) is 15.3. The van der Waals surface area contributed by atoms with Crippen molar-refractivity contribution in [1.29, 1.82) is 0 Å². The number of benzene rings is 1. The third-order valence-corrected chi connectivity index (χ3v) is 4.96. The molecule has 5 nitrogen and oxygen atoms in total. The van der Waals surface area contributed by atoms with Gasteiger partial charge in [0.05, 0.1) is 0 Å². The number of hydrogen-bond donors (Lipinski definition) is 2. The third kappa shape index (κ3) is 4.82. The average molecular weight is 372 g/mol. The summed E-state index contributed by atoms with van der Waals surface area (Å²) in [6, 6.07) is 10.7. The molecule has 1 heterocycles. The van der Waals surface area contributed by atoms with E-state index in [4.69, 9.17) is 11.6 Å². The molecule has 2 N–H and O–H groups in total. The first-order valence-corrected chi connectivity index (χ1v) is 9.30. The maximum absolute atomic E-state index is 12.4. The van der Waals surface area contributed by atoms with E-state index >= 15 is 0 Å². The van der Waals surface area contributed by atoms with Gasteiger partial charge in [-0.2, -0.15) is 0 Å². The van der Waals surface area contributed by atoms with E-state index in [9.17, 15) is 9.59 Å². The van der Waals surface area contributed by atoms with Crippen molar-refractivity contribution < 1.29 is 9.59 Å². The molecule has 26 heavy (non-hydrogen) atoms. The van der Waals surface area contributed by atoms with Crippen LogP contribution in [0, 0.1) is 0 Å². The molecule has 0 spiro atoms. The van der Waals surface area contributed by atoms with E-state index < -0.39 is 0 Å². The molecule has 1 aromatic carbocycles. The molecule has 0 unspecified atom stereocenters. The second-order valence-electron chi connectivity index (χ2n) is 6.51. The summed E-state index contributed by atoms with van der Waals surface area (Å²) in [6.07, 6.45) is 7.05. The monoisotopic (exact) mass is 371 g/mol. The highest BCUT2D eigenvalue weighted by atomic mass is 35.5. The van der Waals surface area contributed by atoms with E-state index in [0.717, 1.165) is 31.2 Å². The molecule has 0 bridgehead atoms. The van der Waals surface area contributed by atoms with Crippen LogP contribution in [-0.2, 0) is 6.54 Å². The van der Waals surface area contributed by atoms with Crippen LogP contribution in [0.1, 0.15) is 58.5 Å². The van der Waals surface area contributed by atoms with Gasteiger partial charge in [0, 0.05) is 29.4 Å². The smallest absolute Gasteiger partial charge is 0.270 e. The number of carbonyl (C=O) groups excluding carboxylic acids is 2. The largest absolute Gasteiger partial charge is 0.349 e. The first kappa shape index (κ1) is 18.4.